The van der Waals surface area contributed by atoms with Crippen molar-refractivity contribution in [3.8, 4) is 0 Å². The van der Waals surface area contributed by atoms with Crippen LogP contribution in [0.4, 0.5) is 0 Å². The van der Waals surface area contributed by atoms with E-state index >= 15 is 0 Å². The lowest BCUT2D eigenvalue weighted by Gasteiger charge is -2.32. The van der Waals surface area contributed by atoms with Gasteiger partial charge in [-0.3, -0.25) is 0 Å². The van der Waals surface area contributed by atoms with Gasteiger partial charge in [0.05, 0.1) is 0 Å². The zero-order valence-electron chi connectivity index (χ0n) is 10.8. The molecule has 5 nitrogen and oxygen atoms in total. The molecule has 0 aromatic rings. The minimum Gasteiger partial charge on any atom is -0.396 e. The largest absolute Gasteiger partial charge is 0.396 e. The second-order valence-corrected chi connectivity index (χ2v) is 6.34. The quantitative estimate of drug-likeness (QED) is 0.701. The smallest absolute Gasteiger partial charge is 0.279 e. The van der Waals surface area contributed by atoms with E-state index in [0.717, 1.165) is 0 Å². The zero-order valence-corrected chi connectivity index (χ0v) is 11.6. The van der Waals surface area contributed by atoms with E-state index in [4.69, 9.17) is 5.11 Å². The number of hydrogen-bond acceptors (Lipinski definition) is 3. The summed E-state index contributed by atoms with van der Waals surface area (Å²) in [6.07, 6.45) is 1.05. The fourth-order valence-electron chi connectivity index (χ4n) is 1.21. The first-order valence-corrected chi connectivity index (χ1v) is 7.00. The van der Waals surface area contributed by atoms with Gasteiger partial charge in [-0.2, -0.15) is 17.4 Å². The molecule has 0 saturated carbocycles. The Morgan fingerprint density at radius 3 is 2.25 bits per heavy atom. The van der Waals surface area contributed by atoms with Crippen molar-refractivity contribution in [2.75, 3.05) is 13.7 Å². The third kappa shape index (κ3) is 4.37. The van der Waals surface area contributed by atoms with Gasteiger partial charge in [-0.05, 0) is 33.6 Å². The molecule has 0 heterocycles. The molecule has 16 heavy (non-hydrogen) atoms. The summed E-state index contributed by atoms with van der Waals surface area (Å²) in [7, 11) is -1.94. The van der Waals surface area contributed by atoms with Gasteiger partial charge in [-0.15, -0.1) is 0 Å². The van der Waals surface area contributed by atoms with Crippen molar-refractivity contribution in [3.63, 3.8) is 0 Å². The second-order valence-electron chi connectivity index (χ2n) is 4.60. The monoisotopic (exact) mass is 252 g/mol. The van der Waals surface area contributed by atoms with Crippen LogP contribution in [0.25, 0.3) is 0 Å². The van der Waals surface area contributed by atoms with E-state index in [1.807, 2.05) is 20.8 Å². The van der Waals surface area contributed by atoms with Gasteiger partial charge in [-0.25, -0.2) is 0 Å². The molecule has 98 valence electrons. The van der Waals surface area contributed by atoms with Crippen molar-refractivity contribution in [1.29, 1.82) is 0 Å². The minimum atomic E-state index is -3.48. The zero-order chi connectivity index (χ0) is 13.0. The molecule has 0 radical (unpaired) electrons. The first-order chi connectivity index (χ1) is 7.18. The highest BCUT2D eigenvalue weighted by atomic mass is 32.2. The van der Waals surface area contributed by atoms with E-state index in [9.17, 15) is 8.42 Å². The minimum absolute atomic E-state index is 0.0295. The molecule has 0 amide bonds. The summed E-state index contributed by atoms with van der Waals surface area (Å²) >= 11 is 0. The van der Waals surface area contributed by atoms with Gasteiger partial charge in [0.2, 0.25) is 0 Å². The van der Waals surface area contributed by atoms with Crippen molar-refractivity contribution in [3.05, 3.63) is 0 Å². The van der Waals surface area contributed by atoms with Crippen LogP contribution < -0.4 is 4.72 Å². The normalized spacial score (nSPS) is 16.8. The third-order valence-corrected chi connectivity index (χ3v) is 4.86. The van der Waals surface area contributed by atoms with Gasteiger partial charge in [0.15, 0.2) is 0 Å². The van der Waals surface area contributed by atoms with E-state index in [0.29, 0.717) is 12.8 Å². The van der Waals surface area contributed by atoms with E-state index in [-0.39, 0.29) is 12.6 Å². The van der Waals surface area contributed by atoms with Crippen LogP contribution in [0.1, 0.15) is 40.5 Å². The molecule has 0 rings (SSSR count). The molecule has 0 aromatic heterocycles. The molecule has 0 aliphatic carbocycles. The number of hydrogen-bond donors (Lipinski definition) is 2. The highest BCUT2D eigenvalue weighted by molar-refractivity contribution is 7.87. The van der Waals surface area contributed by atoms with Gasteiger partial charge >= 0.3 is 0 Å². The third-order valence-electron chi connectivity index (χ3n) is 2.93. The van der Waals surface area contributed by atoms with Crippen molar-refractivity contribution in [2.45, 2.75) is 52.1 Å². The molecule has 0 aliphatic heterocycles. The van der Waals surface area contributed by atoms with Crippen molar-refractivity contribution in [2.24, 2.45) is 0 Å². The summed E-state index contributed by atoms with van der Waals surface area (Å²) in [5.41, 5.74) is -0.587. The maximum absolute atomic E-state index is 12.0. The molecule has 0 aromatic carbocycles. The Labute approximate surface area is 99.0 Å². The average molecular weight is 252 g/mol. The Morgan fingerprint density at radius 2 is 1.94 bits per heavy atom. The predicted octanol–water partition coefficient (Wildman–Crippen LogP) is 0.712. The van der Waals surface area contributed by atoms with Crippen molar-refractivity contribution in [1.82, 2.24) is 9.03 Å². The van der Waals surface area contributed by atoms with Crippen molar-refractivity contribution >= 4 is 10.2 Å². The Morgan fingerprint density at radius 1 is 1.44 bits per heavy atom. The topological polar surface area (TPSA) is 69.6 Å². The predicted molar refractivity (Wildman–Crippen MR) is 65.4 cm³/mol. The Bertz CT molecular complexity index is 303. The molecule has 0 spiro atoms. The number of aliphatic hydroxyl groups is 1. The van der Waals surface area contributed by atoms with Gasteiger partial charge in [0.25, 0.3) is 10.2 Å². The Balaban J connectivity index is 4.81. The fourth-order valence-corrected chi connectivity index (χ4v) is 2.78. The number of rotatable bonds is 7. The van der Waals surface area contributed by atoms with Gasteiger partial charge in [0.1, 0.15) is 0 Å². The molecule has 0 aliphatic rings. The maximum atomic E-state index is 12.0. The van der Waals surface area contributed by atoms with Crippen molar-refractivity contribution < 1.29 is 13.5 Å². The first-order valence-electron chi connectivity index (χ1n) is 5.56. The fraction of sp³-hybridized carbons (Fsp3) is 1.00. The molecular formula is C10H24N2O3S. The van der Waals surface area contributed by atoms with Gasteiger partial charge in [-0.1, -0.05) is 6.92 Å². The van der Waals surface area contributed by atoms with E-state index in [1.165, 1.54) is 4.31 Å². The molecule has 0 saturated heterocycles. The lowest BCUT2D eigenvalue weighted by Crippen LogP contribution is -2.52. The van der Waals surface area contributed by atoms with Crippen LogP contribution in [0.5, 0.6) is 0 Å². The van der Waals surface area contributed by atoms with Crippen LogP contribution in [-0.4, -0.2) is 43.1 Å². The van der Waals surface area contributed by atoms with Crippen LogP contribution in [0.15, 0.2) is 0 Å². The number of nitrogens with one attached hydrogen (secondary N) is 1. The van der Waals surface area contributed by atoms with E-state index in [2.05, 4.69) is 4.72 Å². The van der Waals surface area contributed by atoms with E-state index in [1.54, 1.807) is 14.0 Å². The Hall–Kier alpha value is -0.170. The maximum Gasteiger partial charge on any atom is 0.279 e. The summed E-state index contributed by atoms with van der Waals surface area (Å²) in [4.78, 5) is 0. The van der Waals surface area contributed by atoms with Crippen LogP contribution >= 0.6 is 0 Å². The molecule has 6 heteroatoms. The lowest BCUT2D eigenvalue weighted by molar-refractivity contribution is 0.230. The highest BCUT2D eigenvalue weighted by Crippen LogP contribution is 2.16. The SMILES string of the molecule is CCC(C)(CCO)NS(=O)(=O)N(C)C(C)C. The van der Waals surface area contributed by atoms with Crippen LogP contribution in [0, 0.1) is 0 Å². The summed E-state index contributed by atoms with van der Waals surface area (Å²) in [6, 6.07) is -0.0901. The van der Waals surface area contributed by atoms with E-state index < -0.39 is 15.7 Å². The van der Waals surface area contributed by atoms with Gasteiger partial charge < -0.3 is 5.11 Å². The highest BCUT2D eigenvalue weighted by Gasteiger charge is 2.30. The molecule has 0 bridgehead atoms. The lowest BCUT2D eigenvalue weighted by atomic mass is 9.97. The second kappa shape index (κ2) is 5.95. The molecular weight excluding hydrogens is 228 g/mol. The Kier molecular flexibility index (Phi) is 5.89. The van der Waals surface area contributed by atoms with Crippen LogP contribution in [0.2, 0.25) is 0 Å². The summed E-state index contributed by atoms with van der Waals surface area (Å²) in [6.45, 7) is 7.30. The summed E-state index contributed by atoms with van der Waals surface area (Å²) < 4.78 is 27.8. The van der Waals surface area contributed by atoms with Gasteiger partial charge in [0, 0.05) is 25.2 Å². The average Bonchev–Trinajstić information content (AvgIpc) is 2.16. The number of aliphatic hydroxyl groups excluding tert-OH is 1. The van der Waals surface area contributed by atoms with Crippen LogP contribution in [0.3, 0.4) is 0 Å². The first kappa shape index (κ1) is 15.8. The molecule has 1 unspecified atom stereocenters. The summed E-state index contributed by atoms with van der Waals surface area (Å²) in [5, 5.41) is 8.93. The van der Waals surface area contributed by atoms with Crippen LogP contribution in [-0.2, 0) is 10.2 Å². The summed E-state index contributed by atoms with van der Waals surface area (Å²) in [5.74, 6) is 0. The molecule has 0 fully saturated rings. The molecule has 2 N–H and O–H groups in total. The number of nitrogens with zero attached hydrogens (tertiary/aromatic N) is 1. The standard InChI is InChI=1S/C10H24N2O3S/c1-6-10(4,7-8-13)11-16(14,15)12(5)9(2)3/h9,11,13H,6-8H2,1-5H3. The molecule has 1 atom stereocenters.